The van der Waals surface area contributed by atoms with Gasteiger partial charge in [0.25, 0.3) is 0 Å². The number of aromatic nitrogens is 1. The van der Waals surface area contributed by atoms with Gasteiger partial charge in [-0.3, -0.25) is 4.98 Å². The zero-order valence-electron chi connectivity index (χ0n) is 12.7. The predicted octanol–water partition coefficient (Wildman–Crippen LogP) is 3.38. The zero-order valence-corrected chi connectivity index (χ0v) is 12.7. The normalized spacial score (nSPS) is 15.2. The standard InChI is InChI=1S/C15H23F3N2O/c1-11(2)6-7-14(3,21)10-19-9-13-12(15(16,17)18)5-4-8-20-13/h4-5,8,11,19,21H,6-7,9-10H2,1-3H3. The van der Waals surface area contributed by atoms with Gasteiger partial charge in [-0.15, -0.1) is 0 Å². The van der Waals surface area contributed by atoms with Crippen LogP contribution in [0.25, 0.3) is 0 Å². The van der Waals surface area contributed by atoms with Gasteiger partial charge in [0, 0.05) is 19.3 Å². The summed E-state index contributed by atoms with van der Waals surface area (Å²) in [6.07, 6.45) is -1.60. The van der Waals surface area contributed by atoms with E-state index in [4.69, 9.17) is 0 Å². The van der Waals surface area contributed by atoms with Gasteiger partial charge in [0.15, 0.2) is 0 Å². The molecule has 0 bridgehead atoms. The van der Waals surface area contributed by atoms with Gasteiger partial charge >= 0.3 is 6.18 Å². The molecule has 0 aliphatic heterocycles. The summed E-state index contributed by atoms with van der Waals surface area (Å²) >= 11 is 0. The number of halogens is 3. The fourth-order valence-corrected chi connectivity index (χ4v) is 1.98. The first-order valence-corrected chi connectivity index (χ1v) is 7.06. The molecular weight excluding hydrogens is 281 g/mol. The molecule has 120 valence electrons. The van der Waals surface area contributed by atoms with Crippen molar-refractivity contribution in [1.82, 2.24) is 10.3 Å². The fourth-order valence-electron chi connectivity index (χ4n) is 1.98. The Bertz CT molecular complexity index is 445. The van der Waals surface area contributed by atoms with Crippen molar-refractivity contribution in [2.75, 3.05) is 6.54 Å². The number of aliphatic hydroxyl groups is 1. The summed E-state index contributed by atoms with van der Waals surface area (Å²) in [5.74, 6) is 0.476. The van der Waals surface area contributed by atoms with Crippen LogP contribution in [0.2, 0.25) is 0 Å². The number of hydrogen-bond acceptors (Lipinski definition) is 3. The molecule has 0 amide bonds. The minimum Gasteiger partial charge on any atom is -0.389 e. The van der Waals surface area contributed by atoms with Gasteiger partial charge in [-0.25, -0.2) is 0 Å². The molecule has 2 N–H and O–H groups in total. The second-order valence-corrected chi connectivity index (χ2v) is 6.03. The molecule has 3 nitrogen and oxygen atoms in total. The van der Waals surface area contributed by atoms with E-state index in [2.05, 4.69) is 24.1 Å². The molecule has 1 unspecified atom stereocenters. The maximum Gasteiger partial charge on any atom is 0.418 e. The number of alkyl halides is 3. The Morgan fingerprint density at radius 1 is 1.33 bits per heavy atom. The molecule has 21 heavy (non-hydrogen) atoms. The third kappa shape index (κ3) is 6.44. The number of pyridine rings is 1. The second-order valence-electron chi connectivity index (χ2n) is 6.03. The van der Waals surface area contributed by atoms with Crippen LogP contribution in [0.3, 0.4) is 0 Å². The molecule has 1 rings (SSSR count). The van der Waals surface area contributed by atoms with E-state index in [9.17, 15) is 18.3 Å². The van der Waals surface area contributed by atoms with Crippen LogP contribution in [0.1, 0.15) is 44.9 Å². The monoisotopic (exact) mass is 304 g/mol. The van der Waals surface area contributed by atoms with Crippen LogP contribution in [0.5, 0.6) is 0 Å². The van der Waals surface area contributed by atoms with Crippen molar-refractivity contribution in [2.45, 2.75) is 51.9 Å². The van der Waals surface area contributed by atoms with Crippen LogP contribution >= 0.6 is 0 Å². The lowest BCUT2D eigenvalue weighted by Gasteiger charge is -2.25. The molecule has 6 heteroatoms. The molecule has 0 radical (unpaired) electrons. The summed E-state index contributed by atoms with van der Waals surface area (Å²) in [7, 11) is 0. The SMILES string of the molecule is CC(C)CCC(C)(O)CNCc1ncccc1C(F)(F)F. The Morgan fingerprint density at radius 3 is 2.57 bits per heavy atom. The quantitative estimate of drug-likeness (QED) is 0.812. The molecule has 0 saturated heterocycles. The zero-order chi connectivity index (χ0) is 16.1. The third-order valence-electron chi connectivity index (χ3n) is 3.25. The molecule has 0 saturated carbocycles. The second kappa shape index (κ2) is 7.22. The van der Waals surface area contributed by atoms with E-state index in [1.165, 1.54) is 12.3 Å². The highest BCUT2D eigenvalue weighted by atomic mass is 19.4. The van der Waals surface area contributed by atoms with Crippen molar-refractivity contribution in [3.8, 4) is 0 Å². The van der Waals surface area contributed by atoms with Crippen LogP contribution in [0.4, 0.5) is 13.2 Å². The highest BCUT2D eigenvalue weighted by Gasteiger charge is 2.33. The molecule has 1 aromatic heterocycles. The van der Waals surface area contributed by atoms with Crippen molar-refractivity contribution in [1.29, 1.82) is 0 Å². The average Bonchev–Trinajstić information content (AvgIpc) is 2.36. The fraction of sp³-hybridized carbons (Fsp3) is 0.667. The van der Waals surface area contributed by atoms with Crippen LogP contribution in [-0.4, -0.2) is 22.2 Å². The largest absolute Gasteiger partial charge is 0.418 e. The molecular formula is C15H23F3N2O. The van der Waals surface area contributed by atoms with Crippen LogP contribution < -0.4 is 5.32 Å². The highest BCUT2D eigenvalue weighted by molar-refractivity contribution is 5.22. The lowest BCUT2D eigenvalue weighted by molar-refractivity contribution is -0.138. The molecule has 1 heterocycles. The maximum atomic E-state index is 12.8. The van der Waals surface area contributed by atoms with E-state index in [1.807, 2.05) is 0 Å². The van der Waals surface area contributed by atoms with E-state index in [1.54, 1.807) is 6.92 Å². The van der Waals surface area contributed by atoms with E-state index in [0.717, 1.165) is 12.5 Å². The van der Waals surface area contributed by atoms with Crippen molar-refractivity contribution >= 4 is 0 Å². The van der Waals surface area contributed by atoms with E-state index in [0.29, 0.717) is 12.3 Å². The van der Waals surface area contributed by atoms with Gasteiger partial charge in [-0.05, 0) is 37.8 Å². The molecule has 0 spiro atoms. The maximum absolute atomic E-state index is 12.8. The Hall–Kier alpha value is -1.14. The molecule has 0 aliphatic rings. The smallest absolute Gasteiger partial charge is 0.389 e. The summed E-state index contributed by atoms with van der Waals surface area (Å²) in [6.45, 7) is 6.02. The number of nitrogens with zero attached hydrogens (tertiary/aromatic N) is 1. The number of rotatable bonds is 7. The molecule has 0 aromatic carbocycles. The van der Waals surface area contributed by atoms with E-state index >= 15 is 0 Å². The van der Waals surface area contributed by atoms with E-state index in [-0.39, 0.29) is 18.8 Å². The summed E-state index contributed by atoms with van der Waals surface area (Å²) in [5, 5.41) is 13.0. The van der Waals surface area contributed by atoms with Crippen molar-refractivity contribution in [3.63, 3.8) is 0 Å². The lowest BCUT2D eigenvalue weighted by atomic mass is 9.95. The van der Waals surface area contributed by atoms with Gasteiger partial charge in [0.1, 0.15) is 0 Å². The topological polar surface area (TPSA) is 45.1 Å². The minimum atomic E-state index is -4.41. The van der Waals surface area contributed by atoms with Crippen LogP contribution in [-0.2, 0) is 12.7 Å². The summed E-state index contributed by atoms with van der Waals surface area (Å²) in [6, 6.07) is 2.28. The third-order valence-corrected chi connectivity index (χ3v) is 3.25. The van der Waals surface area contributed by atoms with Gasteiger partial charge in [0.05, 0.1) is 16.9 Å². The van der Waals surface area contributed by atoms with Gasteiger partial charge in [-0.2, -0.15) is 13.2 Å². The van der Waals surface area contributed by atoms with Gasteiger partial charge in [-0.1, -0.05) is 13.8 Å². The van der Waals surface area contributed by atoms with E-state index < -0.39 is 17.3 Å². The van der Waals surface area contributed by atoms with Gasteiger partial charge < -0.3 is 10.4 Å². The summed E-state index contributed by atoms with van der Waals surface area (Å²) in [4.78, 5) is 3.77. The van der Waals surface area contributed by atoms with Crippen molar-refractivity contribution in [3.05, 3.63) is 29.6 Å². The Balaban J connectivity index is 2.57. The molecule has 1 aromatic rings. The first-order valence-electron chi connectivity index (χ1n) is 7.06. The first-order chi connectivity index (χ1) is 9.62. The minimum absolute atomic E-state index is 0.0203. The Kier molecular flexibility index (Phi) is 6.16. The van der Waals surface area contributed by atoms with Gasteiger partial charge in [0.2, 0.25) is 0 Å². The molecule has 1 atom stereocenters. The average molecular weight is 304 g/mol. The number of nitrogens with one attached hydrogen (secondary N) is 1. The van der Waals surface area contributed by atoms with Crippen LogP contribution in [0, 0.1) is 5.92 Å². The summed E-state index contributed by atoms with van der Waals surface area (Å²) < 4.78 is 38.4. The molecule has 0 aliphatic carbocycles. The van der Waals surface area contributed by atoms with Crippen molar-refractivity contribution in [2.24, 2.45) is 5.92 Å². The Morgan fingerprint density at radius 2 is 2.00 bits per heavy atom. The predicted molar refractivity (Wildman–Crippen MR) is 75.6 cm³/mol. The van der Waals surface area contributed by atoms with Crippen LogP contribution in [0.15, 0.2) is 18.3 Å². The first kappa shape index (κ1) is 17.9. The lowest BCUT2D eigenvalue weighted by Crippen LogP contribution is -2.38. The molecule has 0 fully saturated rings. The number of hydrogen-bond donors (Lipinski definition) is 2. The highest BCUT2D eigenvalue weighted by Crippen LogP contribution is 2.30. The summed E-state index contributed by atoms with van der Waals surface area (Å²) in [5.41, 5.74) is -1.72. The van der Waals surface area contributed by atoms with Crippen molar-refractivity contribution < 1.29 is 18.3 Å². The Labute approximate surface area is 123 Å².